The molecule has 32 heavy (non-hydrogen) atoms. The molecule has 0 bridgehead atoms. The molecule has 8 heteroatoms. The summed E-state index contributed by atoms with van der Waals surface area (Å²) in [5.41, 5.74) is 0.958. The number of fused-ring (bicyclic) bond motifs is 1. The Morgan fingerprint density at radius 3 is 2.31 bits per heavy atom. The second-order valence-corrected chi connectivity index (χ2v) is 11.0. The summed E-state index contributed by atoms with van der Waals surface area (Å²) in [5.74, 6) is 0.0611. The molecule has 1 aromatic carbocycles. The SMILES string of the molecule is O=C(CCn1ccc2cc(S(=O)(=O)N3CCCCC3)ccc21)NCCN1CCCCCC1. The molecule has 0 aliphatic carbocycles. The fourth-order valence-corrected chi connectivity index (χ4v) is 6.36. The smallest absolute Gasteiger partial charge is 0.243 e. The maximum absolute atomic E-state index is 12.9. The van der Waals surface area contributed by atoms with Gasteiger partial charge < -0.3 is 14.8 Å². The number of aryl methyl sites for hydroxylation is 1. The summed E-state index contributed by atoms with van der Waals surface area (Å²) in [6.45, 7) is 5.69. The highest BCUT2D eigenvalue weighted by Gasteiger charge is 2.26. The van der Waals surface area contributed by atoms with E-state index >= 15 is 0 Å². The quantitative estimate of drug-likeness (QED) is 0.657. The van der Waals surface area contributed by atoms with Crippen LogP contribution in [0.15, 0.2) is 35.4 Å². The summed E-state index contributed by atoms with van der Waals surface area (Å²) in [6.07, 6.45) is 10.5. The zero-order valence-corrected chi connectivity index (χ0v) is 19.8. The molecule has 1 amide bonds. The van der Waals surface area contributed by atoms with Crippen LogP contribution in [0.2, 0.25) is 0 Å². The Hall–Kier alpha value is -1.90. The minimum atomic E-state index is -3.44. The molecule has 7 nitrogen and oxygen atoms in total. The number of carbonyl (C=O) groups excluding carboxylic acids is 1. The highest BCUT2D eigenvalue weighted by Crippen LogP contribution is 2.25. The van der Waals surface area contributed by atoms with Gasteiger partial charge in [0.2, 0.25) is 15.9 Å². The first-order valence-corrected chi connectivity index (χ1v) is 13.6. The van der Waals surface area contributed by atoms with Gasteiger partial charge in [0, 0.05) is 56.2 Å². The third kappa shape index (κ3) is 5.71. The van der Waals surface area contributed by atoms with Crippen molar-refractivity contribution in [3.63, 3.8) is 0 Å². The van der Waals surface area contributed by atoms with Crippen LogP contribution in [0, 0.1) is 0 Å². The van der Waals surface area contributed by atoms with Crippen molar-refractivity contribution in [2.45, 2.75) is 62.8 Å². The molecular formula is C24H36N4O3S. The van der Waals surface area contributed by atoms with Crippen molar-refractivity contribution >= 4 is 26.8 Å². The molecule has 0 unspecified atom stereocenters. The zero-order chi connectivity index (χ0) is 22.4. The first-order valence-electron chi connectivity index (χ1n) is 12.1. The van der Waals surface area contributed by atoms with E-state index in [-0.39, 0.29) is 5.91 Å². The lowest BCUT2D eigenvalue weighted by Crippen LogP contribution is -2.35. The van der Waals surface area contributed by atoms with E-state index in [1.807, 2.05) is 22.9 Å². The molecule has 176 valence electrons. The van der Waals surface area contributed by atoms with E-state index in [0.717, 1.165) is 49.8 Å². The molecule has 2 aliphatic rings. The summed E-state index contributed by atoms with van der Waals surface area (Å²) in [7, 11) is -3.44. The number of nitrogens with zero attached hydrogens (tertiary/aromatic N) is 3. The second kappa shape index (κ2) is 10.8. The van der Waals surface area contributed by atoms with Crippen molar-refractivity contribution in [3.8, 4) is 0 Å². The van der Waals surface area contributed by atoms with Crippen LogP contribution in [0.25, 0.3) is 10.9 Å². The maximum atomic E-state index is 12.9. The molecule has 0 radical (unpaired) electrons. The minimum Gasteiger partial charge on any atom is -0.355 e. The molecule has 3 heterocycles. The van der Waals surface area contributed by atoms with Gasteiger partial charge in [-0.2, -0.15) is 4.31 Å². The summed E-state index contributed by atoms with van der Waals surface area (Å²) < 4.78 is 29.5. The Bertz CT molecular complexity index is 1000. The van der Waals surface area contributed by atoms with Gasteiger partial charge in [-0.15, -0.1) is 0 Å². The van der Waals surface area contributed by atoms with Gasteiger partial charge >= 0.3 is 0 Å². The average Bonchev–Trinajstić information content (AvgIpc) is 3.03. The molecule has 0 atom stereocenters. The van der Waals surface area contributed by atoms with Crippen LogP contribution in [0.1, 0.15) is 51.4 Å². The lowest BCUT2D eigenvalue weighted by molar-refractivity contribution is -0.121. The average molecular weight is 461 g/mol. The fourth-order valence-electron chi connectivity index (χ4n) is 4.81. The number of rotatable bonds is 8. The fraction of sp³-hybridized carbons (Fsp3) is 0.625. The Balaban J connectivity index is 1.30. The molecule has 2 saturated heterocycles. The molecule has 0 spiro atoms. The van der Waals surface area contributed by atoms with Crippen LogP contribution in [0.3, 0.4) is 0 Å². The third-order valence-electron chi connectivity index (χ3n) is 6.72. The van der Waals surface area contributed by atoms with Gasteiger partial charge in [-0.3, -0.25) is 4.79 Å². The van der Waals surface area contributed by atoms with Crippen LogP contribution in [0.4, 0.5) is 0 Å². The third-order valence-corrected chi connectivity index (χ3v) is 8.62. The largest absolute Gasteiger partial charge is 0.355 e. The van der Waals surface area contributed by atoms with E-state index in [2.05, 4.69) is 10.2 Å². The van der Waals surface area contributed by atoms with Crippen molar-refractivity contribution in [1.29, 1.82) is 0 Å². The highest BCUT2D eigenvalue weighted by atomic mass is 32.2. The van der Waals surface area contributed by atoms with E-state index in [4.69, 9.17) is 0 Å². The minimum absolute atomic E-state index is 0.0611. The van der Waals surface area contributed by atoms with Crippen LogP contribution < -0.4 is 5.32 Å². The summed E-state index contributed by atoms with van der Waals surface area (Å²) >= 11 is 0. The summed E-state index contributed by atoms with van der Waals surface area (Å²) in [5, 5.41) is 3.94. The first kappa shape index (κ1) is 23.3. The Labute approximate surface area is 191 Å². The molecule has 4 rings (SSSR count). The van der Waals surface area contributed by atoms with Crippen molar-refractivity contribution in [1.82, 2.24) is 19.1 Å². The number of nitrogens with one attached hydrogen (secondary N) is 1. The van der Waals surface area contributed by atoms with Gasteiger partial charge in [-0.25, -0.2) is 8.42 Å². The number of piperidine rings is 1. The number of amides is 1. The topological polar surface area (TPSA) is 74.6 Å². The Morgan fingerprint density at radius 2 is 1.56 bits per heavy atom. The van der Waals surface area contributed by atoms with Gasteiger partial charge in [0.25, 0.3) is 0 Å². The molecule has 2 aliphatic heterocycles. The van der Waals surface area contributed by atoms with Crippen molar-refractivity contribution in [2.24, 2.45) is 0 Å². The van der Waals surface area contributed by atoms with Crippen molar-refractivity contribution in [2.75, 3.05) is 39.3 Å². The maximum Gasteiger partial charge on any atom is 0.243 e. The van der Waals surface area contributed by atoms with E-state index < -0.39 is 10.0 Å². The van der Waals surface area contributed by atoms with Crippen molar-refractivity contribution in [3.05, 3.63) is 30.5 Å². The lowest BCUT2D eigenvalue weighted by atomic mass is 10.2. The van der Waals surface area contributed by atoms with Gasteiger partial charge in [0.05, 0.1) is 4.90 Å². The van der Waals surface area contributed by atoms with Gasteiger partial charge in [0.1, 0.15) is 0 Å². The van der Waals surface area contributed by atoms with E-state index in [0.29, 0.717) is 37.5 Å². The predicted octanol–water partition coefficient (Wildman–Crippen LogP) is 3.20. The normalized spacial score (nSPS) is 19.1. The predicted molar refractivity (Wildman–Crippen MR) is 127 cm³/mol. The molecule has 2 fully saturated rings. The van der Waals surface area contributed by atoms with E-state index in [1.54, 1.807) is 16.4 Å². The summed E-state index contributed by atoms with van der Waals surface area (Å²) in [6, 6.07) is 7.26. The summed E-state index contributed by atoms with van der Waals surface area (Å²) in [4.78, 5) is 15.1. The second-order valence-electron chi connectivity index (χ2n) is 9.05. The molecule has 1 N–H and O–H groups in total. The van der Waals surface area contributed by atoms with Crippen LogP contribution in [-0.2, 0) is 21.4 Å². The van der Waals surface area contributed by atoms with Gasteiger partial charge in [0.15, 0.2) is 0 Å². The molecule has 1 aromatic heterocycles. The van der Waals surface area contributed by atoms with Crippen LogP contribution in [-0.4, -0.2) is 67.4 Å². The first-order chi connectivity index (χ1) is 15.5. The number of likely N-dealkylation sites (tertiary alicyclic amines) is 1. The standard InChI is InChI=1S/C24H36N4O3S/c29-24(25-12-19-26-13-4-1-2-5-14-26)11-18-27-17-10-21-20-22(8-9-23(21)27)32(30,31)28-15-6-3-7-16-28/h8-10,17,20H,1-7,11-16,18-19H2,(H,25,29). The monoisotopic (exact) mass is 460 g/mol. The number of carbonyl (C=O) groups is 1. The highest BCUT2D eigenvalue weighted by molar-refractivity contribution is 7.89. The number of hydrogen-bond acceptors (Lipinski definition) is 4. The molecular weight excluding hydrogens is 424 g/mol. The number of benzene rings is 1. The van der Waals surface area contributed by atoms with E-state index in [1.165, 1.54) is 25.7 Å². The Kier molecular flexibility index (Phi) is 7.86. The van der Waals surface area contributed by atoms with E-state index in [9.17, 15) is 13.2 Å². The van der Waals surface area contributed by atoms with Crippen molar-refractivity contribution < 1.29 is 13.2 Å². The zero-order valence-electron chi connectivity index (χ0n) is 19.0. The van der Waals surface area contributed by atoms with Gasteiger partial charge in [-0.05, 0) is 63.0 Å². The van der Waals surface area contributed by atoms with Gasteiger partial charge in [-0.1, -0.05) is 19.3 Å². The number of aromatic nitrogens is 1. The number of hydrogen-bond donors (Lipinski definition) is 1. The Morgan fingerprint density at radius 1 is 0.875 bits per heavy atom. The molecule has 2 aromatic rings. The van der Waals surface area contributed by atoms with Crippen LogP contribution in [0.5, 0.6) is 0 Å². The molecule has 0 saturated carbocycles. The lowest BCUT2D eigenvalue weighted by Gasteiger charge is -2.25. The van der Waals surface area contributed by atoms with Crippen LogP contribution >= 0.6 is 0 Å². The number of sulfonamides is 1.